The van der Waals surface area contributed by atoms with Crippen molar-refractivity contribution in [1.82, 2.24) is 0 Å². The van der Waals surface area contributed by atoms with Gasteiger partial charge < -0.3 is 16.8 Å². The molecule has 0 saturated carbocycles. The highest BCUT2D eigenvalue weighted by Gasteiger charge is 2.13. The lowest BCUT2D eigenvalue weighted by Crippen LogP contribution is -2.26. The maximum Gasteiger partial charge on any atom is 0.228 e. The minimum absolute atomic E-state index is 0. The van der Waals surface area contributed by atoms with E-state index in [1.807, 2.05) is 18.2 Å². The van der Waals surface area contributed by atoms with Gasteiger partial charge in [-0.3, -0.25) is 9.59 Å². The first-order chi connectivity index (χ1) is 8.54. The van der Waals surface area contributed by atoms with E-state index < -0.39 is 5.91 Å². The average Bonchev–Trinajstić information content (AvgIpc) is 2.36. The van der Waals surface area contributed by atoms with Gasteiger partial charge in [-0.15, -0.1) is 24.2 Å². The molecule has 0 aliphatic carbocycles. The van der Waals surface area contributed by atoms with Crippen molar-refractivity contribution in [3.05, 3.63) is 24.3 Å². The Morgan fingerprint density at radius 2 is 2.00 bits per heavy atom. The van der Waals surface area contributed by atoms with Gasteiger partial charge in [-0.05, 0) is 12.1 Å². The van der Waals surface area contributed by atoms with Gasteiger partial charge in [0, 0.05) is 17.4 Å². The van der Waals surface area contributed by atoms with Crippen molar-refractivity contribution in [2.24, 2.45) is 17.4 Å². The zero-order valence-electron chi connectivity index (χ0n) is 10.6. The van der Waals surface area contributed by atoms with Crippen LogP contribution >= 0.6 is 24.2 Å². The molecule has 7 heteroatoms. The molecule has 5 N–H and O–H groups in total. The van der Waals surface area contributed by atoms with Gasteiger partial charge in [0.15, 0.2) is 0 Å². The van der Waals surface area contributed by atoms with Crippen LogP contribution in [0, 0.1) is 5.92 Å². The Bertz CT molecular complexity index is 443. The Morgan fingerprint density at radius 3 is 2.58 bits per heavy atom. The summed E-state index contributed by atoms with van der Waals surface area (Å²) in [7, 11) is 0. The SMILES string of the molecule is CC(CN)C(=O)Nc1ccccc1SCC(N)=O.Cl. The van der Waals surface area contributed by atoms with E-state index in [0.29, 0.717) is 12.2 Å². The summed E-state index contributed by atoms with van der Waals surface area (Å²) in [6.07, 6.45) is 0. The van der Waals surface area contributed by atoms with Crippen molar-refractivity contribution >= 4 is 41.7 Å². The van der Waals surface area contributed by atoms with Crippen LogP contribution in [0.25, 0.3) is 0 Å². The van der Waals surface area contributed by atoms with Gasteiger partial charge in [-0.1, -0.05) is 19.1 Å². The average molecular weight is 304 g/mol. The Hall–Kier alpha value is -1.24. The maximum atomic E-state index is 11.7. The molecule has 0 saturated heterocycles. The standard InChI is InChI=1S/C12H17N3O2S.ClH/c1-8(6-13)12(17)15-9-4-2-3-5-10(9)18-7-11(14)16;/h2-5,8H,6-7,13H2,1H3,(H2,14,16)(H,15,17);1H. The summed E-state index contributed by atoms with van der Waals surface area (Å²) in [4.78, 5) is 23.3. The number of nitrogens with two attached hydrogens (primary N) is 2. The molecule has 0 radical (unpaired) electrons. The third-order valence-corrected chi connectivity index (χ3v) is 3.41. The number of halogens is 1. The molecule has 0 spiro atoms. The maximum absolute atomic E-state index is 11.7. The topological polar surface area (TPSA) is 98.2 Å². The highest BCUT2D eigenvalue weighted by atomic mass is 35.5. The Balaban J connectivity index is 0.00000324. The highest BCUT2D eigenvalue weighted by Crippen LogP contribution is 2.26. The molecule has 5 nitrogen and oxygen atoms in total. The zero-order chi connectivity index (χ0) is 13.5. The summed E-state index contributed by atoms with van der Waals surface area (Å²) < 4.78 is 0. The quantitative estimate of drug-likeness (QED) is 0.688. The lowest BCUT2D eigenvalue weighted by molar-refractivity contribution is -0.119. The predicted molar refractivity (Wildman–Crippen MR) is 80.5 cm³/mol. The summed E-state index contributed by atoms with van der Waals surface area (Å²) in [5, 5.41) is 2.79. The Kier molecular flexibility index (Phi) is 8.22. The number of carbonyl (C=O) groups is 2. The van der Waals surface area contributed by atoms with Gasteiger partial charge in [-0.25, -0.2) is 0 Å². The van der Waals surface area contributed by atoms with Crippen molar-refractivity contribution in [3.63, 3.8) is 0 Å². The van der Waals surface area contributed by atoms with Crippen molar-refractivity contribution in [3.8, 4) is 0 Å². The van der Waals surface area contributed by atoms with Crippen LogP contribution in [-0.4, -0.2) is 24.1 Å². The molecule has 0 aliphatic rings. The van der Waals surface area contributed by atoms with Crippen LogP contribution in [0.3, 0.4) is 0 Å². The minimum atomic E-state index is -0.392. The molecule has 0 fully saturated rings. The molecule has 1 aromatic rings. The molecule has 1 unspecified atom stereocenters. The predicted octanol–water partition coefficient (Wildman–Crippen LogP) is 1.22. The smallest absolute Gasteiger partial charge is 0.228 e. The van der Waals surface area contributed by atoms with Crippen LogP contribution in [0.1, 0.15) is 6.92 Å². The molecule has 0 aliphatic heterocycles. The number of hydrogen-bond donors (Lipinski definition) is 3. The third-order valence-electron chi connectivity index (χ3n) is 2.32. The van der Waals surface area contributed by atoms with Crippen LogP contribution in [-0.2, 0) is 9.59 Å². The van der Waals surface area contributed by atoms with E-state index in [9.17, 15) is 9.59 Å². The van der Waals surface area contributed by atoms with Crippen molar-refractivity contribution in [1.29, 1.82) is 0 Å². The third kappa shape index (κ3) is 5.96. The summed E-state index contributed by atoms with van der Waals surface area (Å²) >= 11 is 1.30. The summed E-state index contributed by atoms with van der Waals surface area (Å²) in [6.45, 7) is 2.05. The van der Waals surface area contributed by atoms with Crippen molar-refractivity contribution in [2.75, 3.05) is 17.6 Å². The van der Waals surface area contributed by atoms with E-state index in [1.165, 1.54) is 11.8 Å². The van der Waals surface area contributed by atoms with Crippen LogP contribution in [0.4, 0.5) is 5.69 Å². The first-order valence-corrected chi connectivity index (χ1v) is 6.54. The molecule has 0 aromatic heterocycles. The molecule has 1 atom stereocenters. The van der Waals surface area contributed by atoms with E-state index in [2.05, 4.69) is 5.32 Å². The van der Waals surface area contributed by atoms with E-state index >= 15 is 0 Å². The summed E-state index contributed by atoms with van der Waals surface area (Å²) in [5.74, 6) is -0.598. The molecular formula is C12H18ClN3O2S. The monoisotopic (exact) mass is 303 g/mol. The van der Waals surface area contributed by atoms with Gasteiger partial charge in [-0.2, -0.15) is 0 Å². The molecule has 1 rings (SSSR count). The number of para-hydroxylation sites is 1. The van der Waals surface area contributed by atoms with Gasteiger partial charge in [0.25, 0.3) is 0 Å². The number of nitrogens with one attached hydrogen (secondary N) is 1. The molecule has 0 bridgehead atoms. The summed E-state index contributed by atoms with van der Waals surface area (Å²) in [5.41, 5.74) is 11.2. The fraction of sp³-hybridized carbons (Fsp3) is 0.333. The molecular weight excluding hydrogens is 286 g/mol. The van der Waals surface area contributed by atoms with E-state index in [0.717, 1.165) is 4.90 Å². The van der Waals surface area contributed by atoms with Crippen LogP contribution < -0.4 is 16.8 Å². The van der Waals surface area contributed by atoms with Crippen LogP contribution in [0.15, 0.2) is 29.2 Å². The Morgan fingerprint density at radius 1 is 1.37 bits per heavy atom. The molecule has 2 amide bonds. The van der Waals surface area contributed by atoms with Crippen LogP contribution in [0.5, 0.6) is 0 Å². The Labute approximate surface area is 122 Å². The zero-order valence-corrected chi connectivity index (χ0v) is 12.2. The fourth-order valence-electron chi connectivity index (χ4n) is 1.21. The lowest BCUT2D eigenvalue weighted by Gasteiger charge is -2.13. The van der Waals surface area contributed by atoms with Gasteiger partial charge in [0.1, 0.15) is 0 Å². The van der Waals surface area contributed by atoms with Gasteiger partial charge >= 0.3 is 0 Å². The molecule has 19 heavy (non-hydrogen) atoms. The van der Waals surface area contributed by atoms with Crippen molar-refractivity contribution in [2.45, 2.75) is 11.8 Å². The first kappa shape index (κ1) is 17.8. The number of anilines is 1. The molecule has 106 valence electrons. The highest BCUT2D eigenvalue weighted by molar-refractivity contribution is 8.00. The van der Waals surface area contributed by atoms with Crippen molar-refractivity contribution < 1.29 is 9.59 Å². The minimum Gasteiger partial charge on any atom is -0.369 e. The largest absolute Gasteiger partial charge is 0.369 e. The number of rotatable bonds is 6. The number of amides is 2. The lowest BCUT2D eigenvalue weighted by atomic mass is 10.1. The molecule has 1 aromatic carbocycles. The fourth-order valence-corrected chi connectivity index (χ4v) is 1.95. The van der Waals surface area contributed by atoms with E-state index in [-0.39, 0.29) is 30.0 Å². The van der Waals surface area contributed by atoms with E-state index in [1.54, 1.807) is 13.0 Å². The summed E-state index contributed by atoms with van der Waals surface area (Å²) in [6, 6.07) is 7.27. The van der Waals surface area contributed by atoms with Gasteiger partial charge in [0.05, 0.1) is 11.4 Å². The first-order valence-electron chi connectivity index (χ1n) is 5.55. The molecule has 0 heterocycles. The van der Waals surface area contributed by atoms with E-state index in [4.69, 9.17) is 11.5 Å². The number of primary amides is 1. The number of carbonyl (C=O) groups excluding carboxylic acids is 2. The normalized spacial score (nSPS) is 11.3. The second-order valence-corrected chi connectivity index (χ2v) is 4.89. The second-order valence-electron chi connectivity index (χ2n) is 3.88. The second kappa shape index (κ2) is 8.79. The van der Waals surface area contributed by atoms with Gasteiger partial charge in [0.2, 0.25) is 11.8 Å². The number of thioether (sulfide) groups is 1. The van der Waals surface area contributed by atoms with Crippen LogP contribution in [0.2, 0.25) is 0 Å². The number of hydrogen-bond acceptors (Lipinski definition) is 4. The number of benzene rings is 1.